The number of aromatic nitrogens is 1. The van der Waals surface area contributed by atoms with E-state index in [1.165, 1.54) is 4.90 Å². The summed E-state index contributed by atoms with van der Waals surface area (Å²) in [5, 5.41) is 1.90. The van der Waals surface area contributed by atoms with Crippen LogP contribution in [0.3, 0.4) is 0 Å². The number of amides is 2. The molecule has 0 aliphatic carbocycles. The van der Waals surface area contributed by atoms with Crippen molar-refractivity contribution in [1.82, 2.24) is 9.47 Å². The first-order valence-corrected chi connectivity index (χ1v) is 13.9. The van der Waals surface area contributed by atoms with Gasteiger partial charge in [0.2, 0.25) is 0 Å². The van der Waals surface area contributed by atoms with E-state index in [9.17, 15) is 9.59 Å². The van der Waals surface area contributed by atoms with E-state index >= 15 is 0 Å². The third kappa shape index (κ3) is 5.91. The van der Waals surface area contributed by atoms with E-state index in [4.69, 9.17) is 27.9 Å². The summed E-state index contributed by atoms with van der Waals surface area (Å²) in [6, 6.07) is 20.6. The normalized spacial score (nSPS) is 14.8. The largest absolute Gasteiger partial charge is 0.492 e. The van der Waals surface area contributed by atoms with Gasteiger partial charge in [0.05, 0.1) is 23.1 Å². The summed E-state index contributed by atoms with van der Waals surface area (Å²) in [5.74, 6) is 0.370. The maximum atomic E-state index is 13.1. The Morgan fingerprint density at radius 2 is 1.78 bits per heavy atom. The highest BCUT2D eigenvalue weighted by Crippen LogP contribution is 2.36. The fourth-order valence-electron chi connectivity index (χ4n) is 4.13. The molecular weight excluding hydrogens is 595 g/mol. The van der Waals surface area contributed by atoms with Crippen LogP contribution in [-0.2, 0) is 17.9 Å². The lowest BCUT2D eigenvalue weighted by Crippen LogP contribution is -2.27. The van der Waals surface area contributed by atoms with Crippen molar-refractivity contribution in [2.75, 3.05) is 6.61 Å². The van der Waals surface area contributed by atoms with Gasteiger partial charge in [0.15, 0.2) is 0 Å². The van der Waals surface area contributed by atoms with Crippen molar-refractivity contribution in [3.05, 3.63) is 103 Å². The molecule has 0 radical (unpaired) electrons. The van der Waals surface area contributed by atoms with Crippen molar-refractivity contribution < 1.29 is 14.3 Å². The fraction of sp³-hybridized carbons (Fsp3) is 0.143. The highest BCUT2D eigenvalue weighted by atomic mass is 79.9. The number of halogens is 3. The molecule has 3 aromatic carbocycles. The zero-order valence-corrected chi connectivity index (χ0v) is 23.4. The van der Waals surface area contributed by atoms with Crippen molar-refractivity contribution in [1.29, 1.82) is 0 Å². The molecule has 5 rings (SSSR count). The van der Waals surface area contributed by atoms with Crippen LogP contribution in [0.15, 0.2) is 82.3 Å². The lowest BCUT2D eigenvalue weighted by Gasteiger charge is -2.12. The van der Waals surface area contributed by atoms with Crippen molar-refractivity contribution in [2.24, 2.45) is 0 Å². The number of carbonyl (C=O) groups is 2. The number of hydrogen-bond donors (Lipinski definition) is 0. The molecule has 0 saturated carbocycles. The molecule has 5 nitrogen and oxygen atoms in total. The summed E-state index contributed by atoms with van der Waals surface area (Å²) in [5.41, 5.74) is 2.75. The summed E-state index contributed by atoms with van der Waals surface area (Å²) in [6.07, 6.45) is 4.58. The molecule has 1 fully saturated rings. The number of para-hydroxylation sites is 1. The summed E-state index contributed by atoms with van der Waals surface area (Å²) in [6.45, 7) is 1.44. The third-order valence-corrected chi connectivity index (χ3v) is 7.89. The van der Waals surface area contributed by atoms with E-state index in [0.717, 1.165) is 44.7 Å². The molecule has 2 amide bonds. The molecule has 1 aromatic heterocycles. The Kier molecular flexibility index (Phi) is 7.95. The van der Waals surface area contributed by atoms with E-state index in [1.807, 2.05) is 54.7 Å². The lowest BCUT2D eigenvalue weighted by atomic mass is 10.1. The summed E-state index contributed by atoms with van der Waals surface area (Å²) in [7, 11) is 0. The predicted octanol–water partition coefficient (Wildman–Crippen LogP) is 8.42. The molecule has 188 valence electrons. The van der Waals surface area contributed by atoms with Crippen molar-refractivity contribution >= 4 is 79.0 Å². The van der Waals surface area contributed by atoms with E-state index in [2.05, 4.69) is 20.5 Å². The summed E-state index contributed by atoms with van der Waals surface area (Å²) >= 11 is 16.6. The number of ether oxygens (including phenoxy) is 1. The summed E-state index contributed by atoms with van der Waals surface area (Å²) < 4.78 is 8.91. The van der Waals surface area contributed by atoms with Gasteiger partial charge in [-0.3, -0.25) is 14.5 Å². The van der Waals surface area contributed by atoms with Gasteiger partial charge in [-0.05, 0) is 72.3 Å². The number of benzene rings is 3. The van der Waals surface area contributed by atoms with Gasteiger partial charge in [0.1, 0.15) is 5.75 Å². The molecule has 1 saturated heterocycles. The van der Waals surface area contributed by atoms with Gasteiger partial charge in [0, 0.05) is 38.7 Å². The molecule has 1 aliphatic rings. The van der Waals surface area contributed by atoms with Gasteiger partial charge in [0.25, 0.3) is 11.1 Å². The molecule has 0 spiro atoms. The first kappa shape index (κ1) is 25.9. The minimum atomic E-state index is -0.297. The number of imide groups is 1. The van der Waals surface area contributed by atoms with Crippen LogP contribution in [0.25, 0.3) is 17.0 Å². The Bertz CT molecular complexity index is 1520. The van der Waals surface area contributed by atoms with Crippen molar-refractivity contribution in [2.45, 2.75) is 19.5 Å². The molecule has 0 N–H and O–H groups in total. The Hall–Kier alpha value is -2.71. The molecule has 0 unspecified atom stereocenters. The molecule has 1 aliphatic heterocycles. The maximum Gasteiger partial charge on any atom is 0.293 e. The van der Waals surface area contributed by atoms with Crippen LogP contribution in [0.5, 0.6) is 5.75 Å². The second kappa shape index (κ2) is 11.4. The second-order valence-electron chi connectivity index (χ2n) is 8.47. The Labute approximate surface area is 237 Å². The molecule has 9 heteroatoms. The zero-order valence-electron chi connectivity index (χ0n) is 19.5. The van der Waals surface area contributed by atoms with E-state index < -0.39 is 0 Å². The van der Waals surface area contributed by atoms with Crippen LogP contribution >= 0.6 is 50.9 Å². The number of carbonyl (C=O) groups excluding carboxylic acids is 2. The molecular formula is C28H21BrCl2N2O3S. The molecule has 0 bridgehead atoms. The predicted molar refractivity (Wildman–Crippen MR) is 154 cm³/mol. The van der Waals surface area contributed by atoms with Gasteiger partial charge in [-0.15, -0.1) is 0 Å². The third-order valence-electron chi connectivity index (χ3n) is 5.93. The quantitative estimate of drug-likeness (QED) is 0.147. The standard InChI is InChI=1S/C28H21BrCl2N2O3S/c29-20-8-11-24-22(15-20)19(17-32(24)12-3-13-36-25-5-2-1-4-23(25)31)14-26-27(34)33(28(35)37-26)16-18-6-9-21(30)10-7-18/h1-2,4-11,14-15,17H,3,12-13,16H2/b26-14-. The molecule has 37 heavy (non-hydrogen) atoms. The molecule has 0 atom stereocenters. The van der Waals surface area contributed by atoms with Crippen LogP contribution < -0.4 is 4.74 Å². The van der Waals surface area contributed by atoms with Crippen LogP contribution in [-0.4, -0.2) is 27.2 Å². The monoisotopic (exact) mass is 614 g/mol. The second-order valence-corrected chi connectivity index (χ2v) is 11.2. The minimum absolute atomic E-state index is 0.206. The van der Waals surface area contributed by atoms with Gasteiger partial charge in [-0.1, -0.05) is 63.4 Å². The van der Waals surface area contributed by atoms with Gasteiger partial charge < -0.3 is 9.30 Å². The van der Waals surface area contributed by atoms with Gasteiger partial charge in [-0.25, -0.2) is 0 Å². The minimum Gasteiger partial charge on any atom is -0.492 e. The van der Waals surface area contributed by atoms with Gasteiger partial charge in [-0.2, -0.15) is 0 Å². The first-order chi connectivity index (χ1) is 17.9. The molecule has 4 aromatic rings. The number of aryl methyl sites for hydroxylation is 1. The maximum absolute atomic E-state index is 13.1. The van der Waals surface area contributed by atoms with E-state index in [0.29, 0.717) is 33.9 Å². The summed E-state index contributed by atoms with van der Waals surface area (Å²) in [4.78, 5) is 27.4. The number of thioether (sulfide) groups is 1. The topological polar surface area (TPSA) is 51.5 Å². The first-order valence-electron chi connectivity index (χ1n) is 11.5. The highest BCUT2D eigenvalue weighted by molar-refractivity contribution is 9.10. The van der Waals surface area contributed by atoms with Crippen molar-refractivity contribution in [3.8, 4) is 5.75 Å². The number of nitrogens with zero attached hydrogens (tertiary/aromatic N) is 2. The van der Waals surface area contributed by atoms with Crippen LogP contribution in [0.4, 0.5) is 4.79 Å². The number of rotatable bonds is 8. The Morgan fingerprint density at radius 1 is 1.00 bits per heavy atom. The van der Waals surface area contributed by atoms with Crippen LogP contribution in [0.1, 0.15) is 17.5 Å². The number of hydrogen-bond acceptors (Lipinski definition) is 4. The van der Waals surface area contributed by atoms with Crippen LogP contribution in [0.2, 0.25) is 10.0 Å². The number of fused-ring (bicyclic) bond motifs is 1. The molecule has 2 heterocycles. The lowest BCUT2D eigenvalue weighted by molar-refractivity contribution is -0.123. The smallest absolute Gasteiger partial charge is 0.293 e. The van der Waals surface area contributed by atoms with Gasteiger partial charge >= 0.3 is 0 Å². The van der Waals surface area contributed by atoms with Crippen LogP contribution in [0, 0.1) is 0 Å². The average molecular weight is 616 g/mol. The SMILES string of the molecule is O=C1S/C(=C\c2cn(CCCOc3ccccc3Cl)c3ccc(Br)cc23)C(=O)N1Cc1ccc(Cl)cc1. The zero-order chi connectivity index (χ0) is 25.9. The average Bonchev–Trinajstić information content (AvgIpc) is 3.35. The Morgan fingerprint density at radius 3 is 2.57 bits per heavy atom. The van der Waals surface area contributed by atoms with E-state index in [-0.39, 0.29) is 17.7 Å². The van der Waals surface area contributed by atoms with Crippen molar-refractivity contribution in [3.63, 3.8) is 0 Å². The highest BCUT2D eigenvalue weighted by Gasteiger charge is 2.35. The Balaban J connectivity index is 1.34. The fourth-order valence-corrected chi connectivity index (χ4v) is 5.63. The van der Waals surface area contributed by atoms with E-state index in [1.54, 1.807) is 24.3 Å².